The van der Waals surface area contributed by atoms with E-state index in [-0.39, 0.29) is 51.4 Å². The zero-order valence-electron chi connectivity index (χ0n) is 12.4. The van der Waals surface area contributed by atoms with Crippen LogP contribution in [-0.2, 0) is 0 Å². The number of hydrogen-bond donors (Lipinski definition) is 3. The first-order valence-corrected chi connectivity index (χ1v) is 8.31. The van der Waals surface area contributed by atoms with Crippen LogP contribution in [0, 0.1) is 0 Å². The Hall–Kier alpha value is 1.26. The van der Waals surface area contributed by atoms with Crippen molar-refractivity contribution in [1.29, 1.82) is 0 Å². The number of carboxylic acid groups (broad SMARTS) is 2. The van der Waals surface area contributed by atoms with E-state index in [4.69, 9.17) is 15.0 Å². The van der Waals surface area contributed by atoms with Crippen LogP contribution in [0.15, 0.2) is 0 Å². The Morgan fingerprint density at radius 1 is 0.750 bits per heavy atom. The van der Waals surface area contributed by atoms with Crippen molar-refractivity contribution in [1.82, 2.24) is 0 Å². The van der Waals surface area contributed by atoms with E-state index in [0.29, 0.717) is 0 Å². The summed E-state index contributed by atoms with van der Waals surface area (Å²) in [6, 6.07) is 0. The summed E-state index contributed by atoms with van der Waals surface area (Å²) in [7, 11) is 0. The van der Waals surface area contributed by atoms with Gasteiger partial charge in [0.25, 0.3) is 0 Å². The summed E-state index contributed by atoms with van der Waals surface area (Å²) in [5, 5.41) is 13.9. The van der Waals surface area contributed by atoms with Crippen LogP contribution in [0.4, 0.5) is 4.79 Å². The minimum atomic E-state index is -1.83. The van der Waals surface area contributed by atoms with Crippen molar-refractivity contribution in [3.63, 3.8) is 0 Å². The summed E-state index contributed by atoms with van der Waals surface area (Å²) in [6.07, 6.45) is 15.3. The van der Waals surface area contributed by atoms with Gasteiger partial charge < -0.3 is 10.2 Å². The van der Waals surface area contributed by atoms with Crippen LogP contribution in [0.25, 0.3) is 0 Å². The van der Waals surface area contributed by atoms with Gasteiger partial charge >= 0.3 is 57.5 Å². The van der Waals surface area contributed by atoms with Gasteiger partial charge in [0, 0.05) is 0 Å². The molecule has 5 heteroatoms. The van der Waals surface area contributed by atoms with Gasteiger partial charge in [0.05, 0.1) is 0 Å². The molecule has 0 fully saturated rings. The molecule has 118 valence electrons. The molecule has 0 heterocycles. The predicted molar refractivity (Wildman–Crippen MR) is 92.7 cm³/mol. The monoisotopic (exact) mass is 332 g/mol. The van der Waals surface area contributed by atoms with Crippen molar-refractivity contribution < 1.29 is 15.0 Å². The van der Waals surface area contributed by atoms with E-state index in [2.05, 4.69) is 19.6 Å². The fraction of sp³-hybridized carbons (Fsp3) is 0.933. The average molecular weight is 333 g/mol. The molecule has 0 aromatic carbocycles. The number of thiol groups is 1. The number of rotatable bonds is 12. The van der Waals surface area contributed by atoms with Crippen LogP contribution in [0.3, 0.4) is 0 Å². The first-order valence-electron chi connectivity index (χ1n) is 7.67. The molecule has 0 spiro atoms. The van der Waals surface area contributed by atoms with E-state index in [0.717, 1.165) is 5.75 Å². The molecule has 0 aliphatic heterocycles. The van der Waals surface area contributed by atoms with Gasteiger partial charge in [0.2, 0.25) is 0 Å². The minimum absolute atomic E-state index is 0. The number of hydrogen-bond acceptors (Lipinski definition) is 2. The summed E-state index contributed by atoms with van der Waals surface area (Å²) in [4.78, 5) is 8.56. The van der Waals surface area contributed by atoms with E-state index in [1.54, 1.807) is 0 Å². The molecule has 0 rings (SSSR count). The Morgan fingerprint density at radius 2 is 1.00 bits per heavy atom. The quantitative estimate of drug-likeness (QED) is 0.262. The fourth-order valence-corrected chi connectivity index (χ4v) is 2.18. The number of unbranched alkanes of at least 4 members (excludes halogenated alkanes) is 11. The van der Waals surface area contributed by atoms with Crippen molar-refractivity contribution in [2.75, 3.05) is 5.75 Å². The standard InChI is InChI=1S/C14H30S.CH2O3.K.H/c1-2-3-4-5-6-7-8-9-10-11-12-13-14-15;2-1(3)4;;/h15H,2-14H2,1H3;(H2,2,3,4);;. The number of carbonyl (C=O) groups is 1. The van der Waals surface area contributed by atoms with Crippen LogP contribution in [0.2, 0.25) is 0 Å². The van der Waals surface area contributed by atoms with Crippen LogP contribution >= 0.6 is 12.6 Å². The molecule has 0 aromatic rings. The second-order valence-corrected chi connectivity index (χ2v) is 5.34. The van der Waals surface area contributed by atoms with Gasteiger partial charge in [0.15, 0.2) is 0 Å². The van der Waals surface area contributed by atoms with Crippen molar-refractivity contribution in [2.24, 2.45) is 0 Å². The topological polar surface area (TPSA) is 57.5 Å². The van der Waals surface area contributed by atoms with Gasteiger partial charge in [-0.05, 0) is 12.2 Å². The molecular weight excluding hydrogens is 299 g/mol. The maximum atomic E-state index is 8.56. The zero-order valence-corrected chi connectivity index (χ0v) is 13.3. The van der Waals surface area contributed by atoms with Crippen molar-refractivity contribution in [3.05, 3.63) is 0 Å². The van der Waals surface area contributed by atoms with Gasteiger partial charge in [-0.15, -0.1) is 0 Å². The van der Waals surface area contributed by atoms with E-state index < -0.39 is 6.16 Å². The molecule has 0 unspecified atom stereocenters. The summed E-state index contributed by atoms with van der Waals surface area (Å²) < 4.78 is 0. The predicted octanol–water partition coefficient (Wildman–Crippen LogP) is 5.19. The summed E-state index contributed by atoms with van der Waals surface area (Å²) in [5.74, 6) is 1.07. The third-order valence-electron chi connectivity index (χ3n) is 3.01. The third kappa shape index (κ3) is 36.5. The van der Waals surface area contributed by atoms with E-state index in [1.165, 1.54) is 77.0 Å². The van der Waals surface area contributed by atoms with Gasteiger partial charge in [-0.1, -0.05) is 77.6 Å². The molecule has 0 aliphatic rings. The van der Waals surface area contributed by atoms with Crippen molar-refractivity contribution >= 4 is 70.2 Å². The molecular formula is C15H33KO3S. The zero-order chi connectivity index (χ0) is 14.8. The Bertz CT molecular complexity index is 165. The van der Waals surface area contributed by atoms with Gasteiger partial charge in [-0.3, -0.25) is 0 Å². The first-order chi connectivity index (χ1) is 9.15. The second-order valence-electron chi connectivity index (χ2n) is 4.90. The van der Waals surface area contributed by atoms with E-state index in [9.17, 15) is 0 Å². The Labute approximate surface area is 173 Å². The molecule has 0 bridgehead atoms. The molecule has 0 aliphatic carbocycles. The first kappa shape index (κ1) is 26.2. The molecule has 0 saturated heterocycles. The Balaban J connectivity index is -0.000000508. The van der Waals surface area contributed by atoms with E-state index >= 15 is 0 Å². The summed E-state index contributed by atoms with van der Waals surface area (Å²) in [5.41, 5.74) is 0. The normalized spacial score (nSPS) is 9.30. The average Bonchev–Trinajstić information content (AvgIpc) is 2.35. The summed E-state index contributed by atoms with van der Waals surface area (Å²) in [6.45, 7) is 2.28. The third-order valence-corrected chi connectivity index (χ3v) is 3.33. The molecule has 3 nitrogen and oxygen atoms in total. The van der Waals surface area contributed by atoms with Crippen LogP contribution in [0.1, 0.15) is 84.0 Å². The second kappa shape index (κ2) is 25.2. The van der Waals surface area contributed by atoms with Gasteiger partial charge in [-0.25, -0.2) is 4.79 Å². The summed E-state index contributed by atoms with van der Waals surface area (Å²) >= 11 is 4.22. The van der Waals surface area contributed by atoms with Crippen LogP contribution < -0.4 is 0 Å². The Morgan fingerprint density at radius 3 is 1.25 bits per heavy atom. The van der Waals surface area contributed by atoms with Crippen LogP contribution in [0.5, 0.6) is 0 Å². The van der Waals surface area contributed by atoms with Crippen molar-refractivity contribution in [2.45, 2.75) is 84.0 Å². The molecule has 0 amide bonds. The molecule has 0 aromatic heterocycles. The van der Waals surface area contributed by atoms with Gasteiger partial charge in [-0.2, -0.15) is 12.6 Å². The van der Waals surface area contributed by atoms with E-state index in [1.807, 2.05) is 0 Å². The molecule has 2 N–H and O–H groups in total. The van der Waals surface area contributed by atoms with Crippen LogP contribution in [-0.4, -0.2) is 73.5 Å². The van der Waals surface area contributed by atoms with Crippen molar-refractivity contribution in [3.8, 4) is 0 Å². The molecule has 0 radical (unpaired) electrons. The molecule has 0 saturated carbocycles. The molecule has 0 atom stereocenters. The Kier molecular flexibility index (Phi) is 33.0. The molecule has 20 heavy (non-hydrogen) atoms. The SMILES string of the molecule is CCCCCCCCCCCCCCS.O=C(O)O.[KH]. The fourth-order valence-electron chi connectivity index (χ4n) is 1.95. The van der Waals surface area contributed by atoms with Gasteiger partial charge in [0.1, 0.15) is 0 Å². The maximum absolute atomic E-state index is 8.56.